The molecule has 2 aliphatic rings. The maximum absolute atomic E-state index is 13.2. The highest BCUT2D eigenvalue weighted by Gasteiger charge is 2.34. The lowest BCUT2D eigenvalue weighted by molar-refractivity contribution is 0.0994. The summed E-state index contributed by atoms with van der Waals surface area (Å²) in [6.07, 6.45) is 0. The van der Waals surface area contributed by atoms with Crippen LogP contribution in [-0.2, 0) is 10.0 Å². The number of amides is 1. The molecule has 2 aromatic carbocycles. The van der Waals surface area contributed by atoms with Crippen LogP contribution in [0.25, 0.3) is 10.8 Å². The van der Waals surface area contributed by atoms with Gasteiger partial charge in [0.15, 0.2) is 0 Å². The van der Waals surface area contributed by atoms with Crippen LogP contribution >= 0.6 is 0 Å². The van der Waals surface area contributed by atoms with E-state index in [0.29, 0.717) is 35.5 Å². The van der Waals surface area contributed by atoms with Gasteiger partial charge in [-0.1, -0.05) is 12.1 Å². The van der Waals surface area contributed by atoms with E-state index in [9.17, 15) is 13.2 Å². The highest BCUT2D eigenvalue weighted by molar-refractivity contribution is 7.89. The zero-order valence-electron chi connectivity index (χ0n) is 14.4. The van der Waals surface area contributed by atoms with Gasteiger partial charge in [-0.25, -0.2) is 8.42 Å². The van der Waals surface area contributed by atoms with Crippen LogP contribution in [0.5, 0.6) is 0 Å². The number of carbonyl (C=O) groups is 1. The van der Waals surface area contributed by atoms with Gasteiger partial charge in [-0.05, 0) is 32.2 Å². The molecule has 0 spiro atoms. The number of carbonyl (C=O) groups excluding carboxylic acids is 1. The van der Waals surface area contributed by atoms with Gasteiger partial charge in [-0.2, -0.15) is 4.31 Å². The number of rotatable bonds is 3. The molecule has 0 unspecified atom stereocenters. The Kier molecular flexibility index (Phi) is 3.82. The lowest BCUT2D eigenvalue weighted by Crippen LogP contribution is -2.47. The summed E-state index contributed by atoms with van der Waals surface area (Å²) in [5.41, 5.74) is 1.39. The van der Waals surface area contributed by atoms with Crippen molar-refractivity contribution >= 4 is 32.4 Å². The van der Waals surface area contributed by atoms with E-state index in [2.05, 4.69) is 4.90 Å². The minimum Gasteiger partial charge on any atom is -0.308 e. The fourth-order valence-electron chi connectivity index (χ4n) is 3.73. The summed E-state index contributed by atoms with van der Waals surface area (Å²) in [6.45, 7) is 4.91. The number of likely N-dealkylation sites (N-methyl/N-ethyl adjacent to an activating group) is 1. The molecule has 1 amide bonds. The molecule has 0 saturated carbocycles. The Morgan fingerprint density at radius 3 is 2.44 bits per heavy atom. The molecule has 0 aromatic heterocycles. The van der Waals surface area contributed by atoms with Gasteiger partial charge in [0.25, 0.3) is 5.91 Å². The molecule has 0 atom stereocenters. The number of piperazine rings is 1. The van der Waals surface area contributed by atoms with E-state index in [1.165, 1.54) is 0 Å². The van der Waals surface area contributed by atoms with Gasteiger partial charge in [-0.15, -0.1) is 0 Å². The van der Waals surface area contributed by atoms with Crippen LogP contribution in [0, 0.1) is 0 Å². The summed E-state index contributed by atoms with van der Waals surface area (Å²) in [7, 11) is -1.59. The molecule has 0 N–H and O–H groups in total. The van der Waals surface area contributed by atoms with Gasteiger partial charge in [0.1, 0.15) is 0 Å². The average molecular weight is 359 g/mol. The Bertz CT molecular complexity index is 963. The highest BCUT2D eigenvalue weighted by atomic mass is 32.2. The van der Waals surface area contributed by atoms with E-state index in [0.717, 1.165) is 24.2 Å². The number of nitrogens with zero attached hydrogens (tertiary/aromatic N) is 3. The molecule has 0 aliphatic carbocycles. The van der Waals surface area contributed by atoms with E-state index in [1.54, 1.807) is 39.5 Å². The van der Waals surface area contributed by atoms with E-state index in [1.807, 2.05) is 14.0 Å². The van der Waals surface area contributed by atoms with Gasteiger partial charge in [-0.3, -0.25) is 4.79 Å². The fourth-order valence-corrected chi connectivity index (χ4v) is 5.34. The molecule has 1 saturated heterocycles. The summed E-state index contributed by atoms with van der Waals surface area (Å²) in [5, 5.41) is 1.39. The standard InChI is InChI=1S/C18H21N3O3S/c1-3-21-15-7-8-16(13-5-4-6-14(17(13)15)18(21)22)25(23,24)20-11-9-19(2)10-12-20/h4-8H,3,9-12H2,1-2H3. The smallest absolute Gasteiger partial charge is 0.258 e. The highest BCUT2D eigenvalue weighted by Crippen LogP contribution is 2.40. The molecule has 132 valence electrons. The molecule has 0 radical (unpaired) electrons. The molecule has 2 aliphatic heterocycles. The van der Waals surface area contributed by atoms with Crippen LogP contribution in [0.2, 0.25) is 0 Å². The minimum atomic E-state index is -3.58. The lowest BCUT2D eigenvalue weighted by Gasteiger charge is -2.31. The van der Waals surface area contributed by atoms with Gasteiger partial charge >= 0.3 is 0 Å². The summed E-state index contributed by atoms with van der Waals surface area (Å²) in [5.74, 6) is -0.0581. The lowest BCUT2D eigenvalue weighted by atomic mass is 10.1. The molecule has 2 aromatic rings. The first-order valence-corrected chi connectivity index (χ1v) is 9.95. The van der Waals surface area contributed by atoms with Crippen molar-refractivity contribution in [2.45, 2.75) is 11.8 Å². The summed E-state index contributed by atoms with van der Waals surface area (Å²) < 4.78 is 27.9. The Morgan fingerprint density at radius 1 is 1.04 bits per heavy atom. The molecule has 1 fully saturated rings. The van der Waals surface area contributed by atoms with Crippen molar-refractivity contribution < 1.29 is 13.2 Å². The molecule has 25 heavy (non-hydrogen) atoms. The second kappa shape index (κ2) is 5.79. The largest absolute Gasteiger partial charge is 0.308 e. The molecule has 6 nitrogen and oxygen atoms in total. The fraction of sp³-hybridized carbons (Fsp3) is 0.389. The van der Waals surface area contributed by atoms with Gasteiger partial charge in [0.05, 0.1) is 10.6 Å². The second-order valence-electron chi connectivity index (χ2n) is 6.57. The third-order valence-corrected chi connectivity index (χ3v) is 7.10. The van der Waals surface area contributed by atoms with Crippen LogP contribution in [0.4, 0.5) is 5.69 Å². The summed E-state index contributed by atoms with van der Waals surface area (Å²) in [6, 6.07) is 8.76. The minimum absolute atomic E-state index is 0.0581. The van der Waals surface area contributed by atoms with Crippen molar-refractivity contribution in [3.63, 3.8) is 0 Å². The summed E-state index contributed by atoms with van der Waals surface area (Å²) in [4.78, 5) is 16.7. The zero-order chi connectivity index (χ0) is 17.8. The van der Waals surface area contributed by atoms with Crippen LogP contribution in [0.15, 0.2) is 35.2 Å². The molecule has 7 heteroatoms. The number of sulfonamides is 1. The molecule has 2 heterocycles. The van der Waals surface area contributed by atoms with Crippen LogP contribution in [0.3, 0.4) is 0 Å². The molecule has 0 bridgehead atoms. The molecular weight excluding hydrogens is 338 g/mol. The van der Waals surface area contributed by atoms with Crippen molar-refractivity contribution in [3.8, 4) is 0 Å². The van der Waals surface area contributed by atoms with Crippen LogP contribution in [0.1, 0.15) is 17.3 Å². The maximum Gasteiger partial charge on any atom is 0.258 e. The quantitative estimate of drug-likeness (QED) is 0.838. The maximum atomic E-state index is 13.2. The Balaban J connectivity index is 1.88. The molecule has 4 rings (SSSR count). The Hall–Kier alpha value is -1.96. The van der Waals surface area contributed by atoms with Crippen molar-refractivity contribution in [2.24, 2.45) is 0 Å². The normalized spacial score (nSPS) is 19.1. The Labute approximate surface area is 147 Å². The monoisotopic (exact) mass is 359 g/mol. The number of anilines is 1. The zero-order valence-corrected chi connectivity index (χ0v) is 15.2. The average Bonchev–Trinajstić information content (AvgIpc) is 2.89. The van der Waals surface area contributed by atoms with Crippen LogP contribution in [-0.4, -0.2) is 63.3 Å². The first-order chi connectivity index (χ1) is 11.9. The van der Waals surface area contributed by atoms with Crippen molar-refractivity contribution in [1.29, 1.82) is 0 Å². The van der Waals surface area contributed by atoms with Crippen molar-refractivity contribution in [1.82, 2.24) is 9.21 Å². The number of hydrogen-bond donors (Lipinski definition) is 0. The predicted molar refractivity (Wildman–Crippen MR) is 97.6 cm³/mol. The first-order valence-electron chi connectivity index (χ1n) is 8.51. The Morgan fingerprint density at radius 2 is 1.76 bits per heavy atom. The van der Waals surface area contributed by atoms with Crippen molar-refractivity contribution in [2.75, 3.05) is 44.7 Å². The van der Waals surface area contributed by atoms with E-state index >= 15 is 0 Å². The summed E-state index contributed by atoms with van der Waals surface area (Å²) >= 11 is 0. The van der Waals surface area contributed by atoms with Gasteiger partial charge in [0, 0.05) is 49.1 Å². The number of hydrogen-bond acceptors (Lipinski definition) is 4. The first kappa shape index (κ1) is 16.5. The van der Waals surface area contributed by atoms with Crippen LogP contribution < -0.4 is 4.90 Å². The van der Waals surface area contributed by atoms with E-state index in [-0.39, 0.29) is 5.91 Å². The van der Waals surface area contributed by atoms with E-state index < -0.39 is 10.0 Å². The van der Waals surface area contributed by atoms with Gasteiger partial charge < -0.3 is 9.80 Å². The van der Waals surface area contributed by atoms with E-state index in [4.69, 9.17) is 0 Å². The van der Waals surface area contributed by atoms with Crippen molar-refractivity contribution in [3.05, 3.63) is 35.9 Å². The third kappa shape index (κ3) is 2.38. The second-order valence-corrected chi connectivity index (χ2v) is 8.47. The van der Waals surface area contributed by atoms with Gasteiger partial charge in [0.2, 0.25) is 10.0 Å². The third-order valence-electron chi connectivity index (χ3n) is 5.14. The number of benzene rings is 2. The SMILES string of the molecule is CCN1C(=O)c2cccc3c(S(=O)(=O)N4CCN(C)CC4)ccc1c23. The topological polar surface area (TPSA) is 60.9 Å². The predicted octanol–water partition coefficient (Wildman–Crippen LogP) is 1.76. The molecular formula is C18H21N3O3S.